The number of nitrogens with zero attached hydrogens (tertiary/aromatic N) is 4. The lowest BCUT2D eigenvalue weighted by Crippen LogP contribution is -2.26. The van der Waals surface area contributed by atoms with Crippen molar-refractivity contribution in [2.75, 3.05) is 13.1 Å². The highest BCUT2D eigenvalue weighted by Gasteiger charge is 2.20. The Hall–Kier alpha value is -2.25. The molecule has 0 unspecified atom stereocenters. The van der Waals surface area contributed by atoms with Crippen molar-refractivity contribution in [3.63, 3.8) is 0 Å². The van der Waals surface area contributed by atoms with Gasteiger partial charge in [0.2, 0.25) is 0 Å². The summed E-state index contributed by atoms with van der Waals surface area (Å²) in [6, 6.07) is 3.68. The zero-order chi connectivity index (χ0) is 17.0. The maximum atomic E-state index is 14.9. The van der Waals surface area contributed by atoms with Gasteiger partial charge in [0.1, 0.15) is 5.82 Å². The summed E-state index contributed by atoms with van der Waals surface area (Å²) in [7, 11) is 1.81. The number of imidazole rings is 1. The standard InChI is InChI=1S/C18H18FN5S/c1-23-8-13-14(22-23)3-2-12(17(13)19)16-10-24-9-15(21-18(24)25-16)11-4-6-20-7-5-11/h2-3,8-11,20H,4-7H2,1H3. The van der Waals surface area contributed by atoms with Crippen LogP contribution in [0.1, 0.15) is 24.5 Å². The Balaban J connectivity index is 1.55. The molecule has 0 spiro atoms. The lowest BCUT2D eigenvalue weighted by atomic mass is 9.95. The van der Waals surface area contributed by atoms with Crippen LogP contribution in [0.2, 0.25) is 0 Å². The number of hydrogen-bond acceptors (Lipinski definition) is 4. The molecule has 1 aromatic carbocycles. The molecule has 25 heavy (non-hydrogen) atoms. The molecule has 0 radical (unpaired) electrons. The highest BCUT2D eigenvalue weighted by Crippen LogP contribution is 2.34. The second-order valence-electron chi connectivity index (χ2n) is 6.64. The summed E-state index contributed by atoms with van der Waals surface area (Å²) in [4.78, 5) is 6.61. The van der Waals surface area contributed by atoms with Gasteiger partial charge in [-0.25, -0.2) is 9.37 Å². The maximum Gasteiger partial charge on any atom is 0.194 e. The van der Waals surface area contributed by atoms with Crippen molar-refractivity contribution < 1.29 is 4.39 Å². The number of aromatic nitrogens is 4. The molecule has 5 rings (SSSR count). The van der Waals surface area contributed by atoms with Crippen molar-refractivity contribution in [1.82, 2.24) is 24.5 Å². The van der Waals surface area contributed by atoms with Gasteiger partial charge in [-0.1, -0.05) is 11.3 Å². The molecule has 0 atom stereocenters. The molecule has 7 heteroatoms. The number of hydrogen-bond donors (Lipinski definition) is 1. The number of piperidine rings is 1. The first-order valence-electron chi connectivity index (χ1n) is 8.50. The van der Waals surface area contributed by atoms with E-state index in [0.29, 0.717) is 22.4 Å². The molecule has 1 aliphatic rings. The fourth-order valence-electron chi connectivity index (χ4n) is 3.62. The minimum atomic E-state index is -0.214. The molecule has 128 valence electrons. The predicted octanol–water partition coefficient (Wildman–Crippen LogP) is 3.56. The van der Waals surface area contributed by atoms with Crippen molar-refractivity contribution in [3.05, 3.63) is 42.2 Å². The highest BCUT2D eigenvalue weighted by molar-refractivity contribution is 7.20. The highest BCUT2D eigenvalue weighted by atomic mass is 32.1. The zero-order valence-corrected chi connectivity index (χ0v) is 14.7. The van der Waals surface area contributed by atoms with Crippen LogP contribution in [0.5, 0.6) is 0 Å². The van der Waals surface area contributed by atoms with Gasteiger partial charge < -0.3 is 5.32 Å². The van der Waals surface area contributed by atoms with E-state index in [1.165, 1.54) is 11.3 Å². The SMILES string of the molecule is Cn1cc2c(F)c(-c3cn4cc(C5CCNCC5)nc4s3)ccc2n1. The number of nitrogens with one attached hydrogen (secondary N) is 1. The van der Waals surface area contributed by atoms with Crippen molar-refractivity contribution in [3.8, 4) is 10.4 Å². The van der Waals surface area contributed by atoms with E-state index in [2.05, 4.69) is 16.6 Å². The molecule has 1 saturated heterocycles. The van der Waals surface area contributed by atoms with Gasteiger partial charge in [-0.15, -0.1) is 0 Å². The number of rotatable bonds is 2. The topological polar surface area (TPSA) is 47.1 Å². The van der Waals surface area contributed by atoms with Crippen LogP contribution in [0.4, 0.5) is 4.39 Å². The molecule has 4 aromatic rings. The Morgan fingerprint density at radius 2 is 2.04 bits per heavy atom. The smallest absolute Gasteiger partial charge is 0.194 e. The van der Waals surface area contributed by atoms with Gasteiger partial charge in [-0.3, -0.25) is 9.08 Å². The summed E-state index contributed by atoms with van der Waals surface area (Å²) in [6.45, 7) is 2.11. The van der Waals surface area contributed by atoms with E-state index in [1.54, 1.807) is 17.9 Å². The predicted molar refractivity (Wildman–Crippen MR) is 97.6 cm³/mol. The molecule has 0 amide bonds. The van der Waals surface area contributed by atoms with Gasteiger partial charge in [-0.2, -0.15) is 5.10 Å². The molecule has 1 fully saturated rings. The quantitative estimate of drug-likeness (QED) is 0.598. The molecule has 4 heterocycles. The molecule has 3 aromatic heterocycles. The van der Waals surface area contributed by atoms with E-state index in [4.69, 9.17) is 4.98 Å². The van der Waals surface area contributed by atoms with Gasteiger partial charge in [-0.05, 0) is 38.1 Å². The van der Waals surface area contributed by atoms with Crippen molar-refractivity contribution in [1.29, 1.82) is 0 Å². The van der Waals surface area contributed by atoms with Gasteiger partial charge in [0, 0.05) is 37.1 Å². The second-order valence-corrected chi connectivity index (χ2v) is 7.65. The van der Waals surface area contributed by atoms with E-state index in [9.17, 15) is 4.39 Å². The maximum absolute atomic E-state index is 14.9. The molecule has 1 aliphatic heterocycles. The van der Waals surface area contributed by atoms with E-state index in [1.807, 2.05) is 22.7 Å². The van der Waals surface area contributed by atoms with Gasteiger partial charge in [0.15, 0.2) is 4.96 Å². The number of fused-ring (bicyclic) bond motifs is 2. The van der Waals surface area contributed by atoms with Crippen LogP contribution in [0.15, 0.2) is 30.7 Å². The lowest BCUT2D eigenvalue weighted by molar-refractivity contribution is 0.454. The van der Waals surface area contributed by atoms with Gasteiger partial charge in [0.25, 0.3) is 0 Å². The van der Waals surface area contributed by atoms with E-state index in [0.717, 1.165) is 41.5 Å². The van der Waals surface area contributed by atoms with Crippen molar-refractivity contribution in [2.45, 2.75) is 18.8 Å². The third-order valence-electron chi connectivity index (χ3n) is 4.94. The molecular weight excluding hydrogens is 337 g/mol. The fraction of sp³-hybridized carbons (Fsp3) is 0.333. The average Bonchev–Trinajstić information content (AvgIpc) is 3.28. The molecule has 0 bridgehead atoms. The Labute approximate surface area is 148 Å². The molecule has 1 N–H and O–H groups in total. The van der Waals surface area contributed by atoms with Gasteiger partial charge >= 0.3 is 0 Å². The summed E-state index contributed by atoms with van der Waals surface area (Å²) in [6.07, 6.45) is 8.07. The average molecular weight is 355 g/mol. The van der Waals surface area contributed by atoms with Crippen LogP contribution in [0.3, 0.4) is 0 Å². The Morgan fingerprint density at radius 1 is 1.20 bits per heavy atom. The van der Waals surface area contributed by atoms with Crippen LogP contribution in [0.25, 0.3) is 26.3 Å². The third-order valence-corrected chi connectivity index (χ3v) is 5.97. The van der Waals surface area contributed by atoms with Crippen LogP contribution < -0.4 is 5.32 Å². The first kappa shape index (κ1) is 15.0. The molecule has 0 aliphatic carbocycles. The lowest BCUT2D eigenvalue weighted by Gasteiger charge is -2.20. The first-order valence-corrected chi connectivity index (χ1v) is 9.32. The van der Waals surface area contributed by atoms with E-state index in [-0.39, 0.29) is 5.82 Å². The van der Waals surface area contributed by atoms with Crippen LogP contribution in [0, 0.1) is 5.82 Å². The van der Waals surface area contributed by atoms with E-state index < -0.39 is 0 Å². The molecule has 0 saturated carbocycles. The van der Waals surface area contributed by atoms with Gasteiger partial charge in [0.05, 0.1) is 21.5 Å². The minimum Gasteiger partial charge on any atom is -0.317 e. The summed E-state index contributed by atoms with van der Waals surface area (Å²) in [5.41, 5.74) is 2.44. The monoisotopic (exact) mass is 355 g/mol. The number of thiazole rings is 1. The minimum absolute atomic E-state index is 0.214. The Kier molecular flexibility index (Phi) is 3.39. The van der Waals surface area contributed by atoms with Crippen LogP contribution in [-0.2, 0) is 7.05 Å². The second kappa shape index (κ2) is 5.64. The summed E-state index contributed by atoms with van der Waals surface area (Å²) < 4.78 is 18.6. The normalized spacial score (nSPS) is 16.2. The van der Waals surface area contributed by atoms with E-state index >= 15 is 0 Å². The summed E-state index contributed by atoms with van der Waals surface area (Å²) >= 11 is 1.53. The van der Waals surface area contributed by atoms with Crippen LogP contribution in [-0.4, -0.2) is 32.3 Å². The molecular formula is C18H18FN5S. The molecule has 5 nitrogen and oxygen atoms in total. The number of halogens is 1. The largest absolute Gasteiger partial charge is 0.317 e. The zero-order valence-electron chi connectivity index (χ0n) is 13.9. The van der Waals surface area contributed by atoms with Crippen molar-refractivity contribution >= 4 is 27.2 Å². The summed E-state index contributed by atoms with van der Waals surface area (Å²) in [5.74, 6) is 0.314. The van der Waals surface area contributed by atoms with Crippen molar-refractivity contribution in [2.24, 2.45) is 7.05 Å². The van der Waals surface area contributed by atoms with Crippen LogP contribution >= 0.6 is 11.3 Å². The Bertz CT molecular complexity index is 1040. The third kappa shape index (κ3) is 2.46. The first-order chi connectivity index (χ1) is 12.2. The number of benzene rings is 1. The number of aryl methyl sites for hydroxylation is 1. The summed E-state index contributed by atoms with van der Waals surface area (Å²) in [5, 5.41) is 8.20. The fourth-order valence-corrected chi connectivity index (χ4v) is 4.61. The Morgan fingerprint density at radius 3 is 2.84 bits per heavy atom.